The second-order valence-corrected chi connectivity index (χ2v) is 18.8. The monoisotopic (exact) mass is 904 g/mol. The zero-order chi connectivity index (χ0) is 46.6. The van der Waals surface area contributed by atoms with E-state index in [4.69, 9.17) is 8.83 Å². The third-order valence-corrected chi connectivity index (χ3v) is 14.9. The van der Waals surface area contributed by atoms with Crippen LogP contribution in [0.2, 0.25) is 0 Å². The van der Waals surface area contributed by atoms with E-state index in [-0.39, 0.29) is 6.71 Å². The standard InChI is InChI=1S/C66H41BN2O2/c1-3-12-50(13-4-1)68-58-18-11-19-59-66(58)67(56-34-30-48(40-60(56)68)44-26-22-42(23-27-44)46-32-36-64-54(38-46)52-16-7-9-20-62(52)70-64)57-35-31-49(41-61(57)69(59)51-14-5-2-6-15-51)45-28-24-43(25-29-45)47-33-37-65-55(39-47)53-17-8-10-21-63(53)71-65/h1-41H. The van der Waals surface area contributed by atoms with Gasteiger partial charge in [-0.25, -0.2) is 0 Å². The van der Waals surface area contributed by atoms with Crippen LogP contribution in [0.3, 0.4) is 0 Å². The highest BCUT2D eigenvalue weighted by atomic mass is 16.3. The van der Waals surface area contributed by atoms with Gasteiger partial charge in [0.2, 0.25) is 0 Å². The number of anilines is 6. The van der Waals surface area contributed by atoms with E-state index in [2.05, 4.69) is 234 Å². The summed E-state index contributed by atoms with van der Waals surface area (Å²) in [5.41, 5.74) is 23.9. The van der Waals surface area contributed by atoms with E-state index in [1.165, 1.54) is 83.6 Å². The minimum Gasteiger partial charge on any atom is -0.456 e. The van der Waals surface area contributed by atoms with Crippen LogP contribution in [0.4, 0.5) is 34.1 Å². The van der Waals surface area contributed by atoms with Gasteiger partial charge in [0, 0.05) is 55.7 Å². The first-order valence-corrected chi connectivity index (χ1v) is 24.3. The van der Waals surface area contributed by atoms with Crippen LogP contribution >= 0.6 is 0 Å². The van der Waals surface area contributed by atoms with Gasteiger partial charge in [0.1, 0.15) is 22.3 Å². The molecule has 330 valence electrons. The van der Waals surface area contributed by atoms with Gasteiger partial charge in [-0.3, -0.25) is 0 Å². The number of hydrogen-bond donors (Lipinski definition) is 0. The van der Waals surface area contributed by atoms with Crippen molar-refractivity contribution in [1.29, 1.82) is 0 Å². The predicted molar refractivity (Wildman–Crippen MR) is 297 cm³/mol. The van der Waals surface area contributed by atoms with Crippen molar-refractivity contribution in [1.82, 2.24) is 0 Å². The van der Waals surface area contributed by atoms with E-state index in [0.29, 0.717) is 0 Å². The van der Waals surface area contributed by atoms with Crippen LogP contribution in [0.1, 0.15) is 0 Å². The van der Waals surface area contributed by atoms with E-state index in [0.717, 1.165) is 55.3 Å². The Morgan fingerprint density at radius 3 is 1.04 bits per heavy atom. The normalized spacial score (nSPS) is 12.7. The molecule has 2 aliphatic heterocycles. The van der Waals surface area contributed by atoms with E-state index >= 15 is 0 Å². The Hall–Kier alpha value is -9.32. The van der Waals surface area contributed by atoms with Crippen molar-refractivity contribution >= 4 is 101 Å². The van der Waals surface area contributed by atoms with Crippen molar-refractivity contribution in [2.24, 2.45) is 0 Å². The summed E-state index contributed by atoms with van der Waals surface area (Å²) in [7, 11) is 0. The molecule has 13 aromatic rings. The van der Waals surface area contributed by atoms with E-state index in [9.17, 15) is 0 Å². The Morgan fingerprint density at radius 1 is 0.254 bits per heavy atom. The molecular formula is C66H41BN2O2. The Bertz CT molecular complexity index is 3960. The molecule has 4 nitrogen and oxygen atoms in total. The molecule has 5 heteroatoms. The molecule has 0 radical (unpaired) electrons. The number of para-hydroxylation sites is 4. The fraction of sp³-hybridized carbons (Fsp3) is 0. The topological polar surface area (TPSA) is 32.8 Å². The van der Waals surface area contributed by atoms with Gasteiger partial charge < -0.3 is 18.6 Å². The van der Waals surface area contributed by atoms with Crippen molar-refractivity contribution < 1.29 is 8.83 Å². The molecule has 0 fully saturated rings. The Balaban J connectivity index is 0.843. The number of nitrogens with zero attached hydrogens (tertiary/aromatic N) is 2. The summed E-state index contributed by atoms with van der Waals surface area (Å²) < 4.78 is 12.3. The van der Waals surface area contributed by atoms with Crippen molar-refractivity contribution in [3.8, 4) is 44.5 Å². The lowest BCUT2D eigenvalue weighted by atomic mass is 9.33. The molecular weight excluding hydrogens is 864 g/mol. The molecule has 0 unspecified atom stereocenters. The smallest absolute Gasteiger partial charge is 0.252 e. The molecule has 71 heavy (non-hydrogen) atoms. The van der Waals surface area contributed by atoms with Crippen LogP contribution in [0.5, 0.6) is 0 Å². The Labute approximate surface area is 411 Å². The number of hydrogen-bond acceptors (Lipinski definition) is 4. The van der Waals surface area contributed by atoms with Crippen LogP contribution in [-0.4, -0.2) is 6.71 Å². The van der Waals surface area contributed by atoms with Crippen molar-refractivity contribution in [2.45, 2.75) is 0 Å². The van der Waals surface area contributed by atoms with Gasteiger partial charge in [-0.05, 0) is 146 Å². The first-order chi connectivity index (χ1) is 35.2. The first-order valence-electron chi connectivity index (χ1n) is 24.3. The first kappa shape index (κ1) is 39.7. The van der Waals surface area contributed by atoms with Gasteiger partial charge in [-0.2, -0.15) is 0 Å². The van der Waals surface area contributed by atoms with Crippen molar-refractivity contribution in [3.63, 3.8) is 0 Å². The molecule has 0 bridgehead atoms. The van der Waals surface area contributed by atoms with Crippen molar-refractivity contribution in [2.75, 3.05) is 9.80 Å². The van der Waals surface area contributed by atoms with Gasteiger partial charge in [0.05, 0.1) is 0 Å². The zero-order valence-electron chi connectivity index (χ0n) is 38.5. The SMILES string of the molecule is c1ccc(N2c3cc(-c4ccc(-c5ccc6oc7ccccc7c6c5)cc4)ccc3B3c4ccc(-c5ccc(-c6ccc7oc8ccccc8c7c6)cc5)cc4N(c4ccccc4)c4cccc2c43)cc1. The summed E-state index contributed by atoms with van der Waals surface area (Å²) in [6, 6.07) is 90.3. The largest absolute Gasteiger partial charge is 0.456 e. The maximum absolute atomic E-state index is 6.15. The molecule has 4 heterocycles. The summed E-state index contributed by atoms with van der Waals surface area (Å²) in [6.45, 7) is 0.00168. The van der Waals surface area contributed by atoms with Gasteiger partial charge in [0.25, 0.3) is 6.71 Å². The van der Waals surface area contributed by atoms with Crippen LogP contribution in [0.15, 0.2) is 258 Å². The minimum atomic E-state index is 0.00168. The second kappa shape index (κ2) is 15.6. The third-order valence-electron chi connectivity index (χ3n) is 14.9. The highest BCUT2D eigenvalue weighted by Crippen LogP contribution is 2.46. The number of furan rings is 2. The van der Waals surface area contributed by atoms with E-state index in [1.807, 2.05) is 24.3 Å². The molecule has 2 aliphatic rings. The maximum Gasteiger partial charge on any atom is 0.252 e. The lowest BCUT2D eigenvalue weighted by Gasteiger charge is -2.44. The van der Waals surface area contributed by atoms with Crippen molar-refractivity contribution in [3.05, 3.63) is 249 Å². The second-order valence-electron chi connectivity index (χ2n) is 18.8. The molecule has 0 saturated heterocycles. The highest BCUT2D eigenvalue weighted by molar-refractivity contribution is 7.00. The molecule has 0 saturated carbocycles. The molecule has 0 N–H and O–H groups in total. The number of rotatable bonds is 6. The number of fused-ring (bicyclic) bond motifs is 10. The molecule has 0 atom stereocenters. The summed E-state index contributed by atoms with van der Waals surface area (Å²) in [5, 5.41) is 4.55. The minimum absolute atomic E-state index is 0.00168. The predicted octanol–water partition coefficient (Wildman–Crippen LogP) is 16.2. The Morgan fingerprint density at radius 2 is 0.606 bits per heavy atom. The number of benzene rings is 11. The summed E-state index contributed by atoms with van der Waals surface area (Å²) in [5.74, 6) is 0. The lowest BCUT2D eigenvalue weighted by Crippen LogP contribution is -2.61. The molecule has 0 amide bonds. The third kappa shape index (κ3) is 6.26. The van der Waals surface area contributed by atoms with Gasteiger partial charge in [0.15, 0.2) is 0 Å². The van der Waals surface area contributed by atoms with Crippen LogP contribution in [0.25, 0.3) is 88.4 Å². The Kier molecular flexibility index (Phi) is 8.72. The fourth-order valence-electron chi connectivity index (χ4n) is 11.5. The van der Waals surface area contributed by atoms with E-state index < -0.39 is 0 Å². The van der Waals surface area contributed by atoms with Gasteiger partial charge in [-0.1, -0.05) is 164 Å². The summed E-state index contributed by atoms with van der Waals surface area (Å²) in [4.78, 5) is 4.95. The molecule has 0 spiro atoms. The maximum atomic E-state index is 6.15. The lowest BCUT2D eigenvalue weighted by molar-refractivity contribution is 0.668. The summed E-state index contributed by atoms with van der Waals surface area (Å²) >= 11 is 0. The summed E-state index contributed by atoms with van der Waals surface area (Å²) in [6.07, 6.45) is 0. The van der Waals surface area contributed by atoms with Crippen LogP contribution < -0.4 is 26.2 Å². The molecule has 11 aromatic carbocycles. The van der Waals surface area contributed by atoms with Crippen LogP contribution in [0, 0.1) is 0 Å². The zero-order valence-corrected chi connectivity index (χ0v) is 38.5. The fourth-order valence-corrected chi connectivity index (χ4v) is 11.5. The van der Waals surface area contributed by atoms with Gasteiger partial charge in [-0.15, -0.1) is 0 Å². The van der Waals surface area contributed by atoms with Gasteiger partial charge >= 0.3 is 0 Å². The quantitative estimate of drug-likeness (QED) is 0.156. The molecule has 15 rings (SSSR count). The molecule has 0 aliphatic carbocycles. The average molecular weight is 905 g/mol. The average Bonchev–Trinajstić information content (AvgIpc) is 4.01. The molecule has 2 aromatic heterocycles. The van der Waals surface area contributed by atoms with Crippen LogP contribution in [-0.2, 0) is 0 Å². The highest BCUT2D eigenvalue weighted by Gasteiger charge is 2.43. The van der Waals surface area contributed by atoms with E-state index in [1.54, 1.807) is 0 Å².